The van der Waals surface area contributed by atoms with E-state index in [2.05, 4.69) is 6.08 Å². The van der Waals surface area contributed by atoms with Crippen LogP contribution in [0.1, 0.15) is 36.8 Å². The molecule has 0 unspecified atom stereocenters. The molecule has 2 atom stereocenters. The molecule has 4 rings (SSSR count). The van der Waals surface area contributed by atoms with E-state index in [0.717, 1.165) is 35.3 Å². The van der Waals surface area contributed by atoms with E-state index >= 15 is 0 Å². The van der Waals surface area contributed by atoms with Crippen molar-refractivity contribution in [2.24, 2.45) is 0 Å². The van der Waals surface area contributed by atoms with Gasteiger partial charge in [-0.2, -0.15) is 0 Å². The number of ether oxygens (including phenoxy) is 3. The monoisotopic (exact) mass is 392 g/mol. The van der Waals surface area contributed by atoms with Gasteiger partial charge >= 0.3 is 11.9 Å². The van der Waals surface area contributed by atoms with Gasteiger partial charge in [-0.25, -0.2) is 0 Å². The van der Waals surface area contributed by atoms with Crippen LogP contribution in [0.5, 0.6) is 5.75 Å². The molecule has 150 valence electrons. The molecule has 0 N–H and O–H groups in total. The van der Waals surface area contributed by atoms with Gasteiger partial charge in [0.2, 0.25) is 0 Å². The highest BCUT2D eigenvalue weighted by Crippen LogP contribution is 2.49. The molecule has 0 saturated carbocycles. The molecule has 1 fully saturated rings. The van der Waals surface area contributed by atoms with E-state index in [0.29, 0.717) is 6.42 Å². The molecule has 1 aliphatic heterocycles. The molecule has 1 heterocycles. The van der Waals surface area contributed by atoms with E-state index < -0.39 is 11.5 Å². The average molecular weight is 392 g/mol. The van der Waals surface area contributed by atoms with Crippen molar-refractivity contribution in [3.05, 3.63) is 77.4 Å². The fourth-order valence-electron chi connectivity index (χ4n) is 4.27. The molecular weight excluding hydrogens is 368 g/mol. The zero-order valence-electron chi connectivity index (χ0n) is 16.4. The van der Waals surface area contributed by atoms with Crippen molar-refractivity contribution in [2.45, 2.75) is 43.8 Å². The van der Waals surface area contributed by atoms with Crippen LogP contribution in [0.4, 0.5) is 0 Å². The van der Waals surface area contributed by atoms with Crippen LogP contribution in [0.25, 0.3) is 0 Å². The SMILES string of the molecule is COc1ccc([C@]23CCCC=C2[C@@H](CC(=O)OCc2ccccc2)OC3=O)cc1. The van der Waals surface area contributed by atoms with Gasteiger partial charge in [-0.05, 0) is 48.1 Å². The quantitative estimate of drug-likeness (QED) is 0.547. The summed E-state index contributed by atoms with van der Waals surface area (Å²) in [5, 5.41) is 0. The summed E-state index contributed by atoms with van der Waals surface area (Å²) in [5.41, 5.74) is 1.88. The minimum absolute atomic E-state index is 0.0301. The molecule has 2 aromatic rings. The minimum Gasteiger partial charge on any atom is -0.497 e. The highest BCUT2D eigenvalue weighted by Gasteiger charge is 2.55. The predicted molar refractivity (Wildman–Crippen MR) is 107 cm³/mol. The highest BCUT2D eigenvalue weighted by atomic mass is 16.6. The largest absolute Gasteiger partial charge is 0.497 e. The molecule has 1 aliphatic carbocycles. The maximum absolute atomic E-state index is 13.0. The van der Waals surface area contributed by atoms with Crippen molar-refractivity contribution in [3.63, 3.8) is 0 Å². The molecule has 0 aromatic heterocycles. The van der Waals surface area contributed by atoms with Crippen LogP contribution < -0.4 is 4.74 Å². The summed E-state index contributed by atoms with van der Waals surface area (Å²) in [4.78, 5) is 25.4. The van der Waals surface area contributed by atoms with Crippen LogP contribution in [0.2, 0.25) is 0 Å². The summed E-state index contributed by atoms with van der Waals surface area (Å²) in [6, 6.07) is 17.1. The molecule has 5 heteroatoms. The van der Waals surface area contributed by atoms with Crippen molar-refractivity contribution in [2.75, 3.05) is 7.11 Å². The topological polar surface area (TPSA) is 61.8 Å². The molecule has 1 saturated heterocycles. The lowest BCUT2D eigenvalue weighted by Crippen LogP contribution is -2.35. The number of rotatable bonds is 6. The minimum atomic E-state index is -0.811. The van der Waals surface area contributed by atoms with E-state index in [1.807, 2.05) is 54.6 Å². The first-order valence-electron chi connectivity index (χ1n) is 9.89. The number of fused-ring (bicyclic) bond motifs is 1. The third-order valence-corrected chi connectivity index (χ3v) is 5.74. The second-order valence-electron chi connectivity index (χ2n) is 7.43. The third-order valence-electron chi connectivity index (χ3n) is 5.74. The molecule has 0 spiro atoms. The van der Waals surface area contributed by atoms with Crippen molar-refractivity contribution in [3.8, 4) is 5.75 Å². The molecular formula is C24H24O5. The summed E-state index contributed by atoms with van der Waals surface area (Å²) in [6.45, 7) is 0.211. The second-order valence-corrected chi connectivity index (χ2v) is 7.43. The van der Waals surface area contributed by atoms with Gasteiger partial charge in [0, 0.05) is 0 Å². The molecule has 0 bridgehead atoms. The molecule has 2 aliphatic rings. The Hall–Kier alpha value is -3.08. The third kappa shape index (κ3) is 3.65. The highest BCUT2D eigenvalue weighted by molar-refractivity contribution is 5.92. The molecule has 0 amide bonds. The number of carbonyl (C=O) groups is 2. The van der Waals surface area contributed by atoms with Gasteiger partial charge < -0.3 is 14.2 Å². The number of hydrogen-bond donors (Lipinski definition) is 0. The molecule has 2 aromatic carbocycles. The van der Waals surface area contributed by atoms with Crippen LogP contribution in [0.15, 0.2) is 66.2 Å². The maximum atomic E-state index is 13.0. The Morgan fingerprint density at radius 2 is 1.90 bits per heavy atom. The van der Waals surface area contributed by atoms with Gasteiger partial charge in [-0.3, -0.25) is 9.59 Å². The van der Waals surface area contributed by atoms with Crippen molar-refractivity contribution >= 4 is 11.9 Å². The number of cyclic esters (lactones) is 1. The van der Waals surface area contributed by atoms with Crippen LogP contribution in [-0.4, -0.2) is 25.2 Å². The summed E-state index contributed by atoms with van der Waals surface area (Å²) in [5.74, 6) is 0.0806. The Morgan fingerprint density at radius 3 is 2.62 bits per heavy atom. The van der Waals surface area contributed by atoms with E-state index in [9.17, 15) is 9.59 Å². The number of carbonyl (C=O) groups excluding carboxylic acids is 2. The Morgan fingerprint density at radius 1 is 1.14 bits per heavy atom. The standard InChI is InChI=1S/C24H24O5/c1-27-19-12-10-18(11-13-19)24-14-6-5-9-20(24)21(29-23(24)26)15-22(25)28-16-17-7-3-2-4-8-17/h2-4,7-13,21H,5-6,14-16H2,1H3/t21-,24-/m1/s1. The van der Waals surface area contributed by atoms with Crippen LogP contribution in [-0.2, 0) is 31.1 Å². The fourth-order valence-corrected chi connectivity index (χ4v) is 4.27. The van der Waals surface area contributed by atoms with E-state index in [1.54, 1.807) is 7.11 Å². The first-order valence-corrected chi connectivity index (χ1v) is 9.89. The molecule has 0 radical (unpaired) electrons. The molecule has 5 nitrogen and oxygen atoms in total. The van der Waals surface area contributed by atoms with Gasteiger partial charge in [-0.1, -0.05) is 48.5 Å². The number of allylic oxidation sites excluding steroid dienone is 1. The number of hydrogen-bond acceptors (Lipinski definition) is 5. The second kappa shape index (κ2) is 8.11. The van der Waals surface area contributed by atoms with Gasteiger partial charge in [0.15, 0.2) is 0 Å². The zero-order chi connectivity index (χ0) is 20.3. The maximum Gasteiger partial charge on any atom is 0.321 e. The lowest BCUT2D eigenvalue weighted by atomic mass is 9.67. The summed E-state index contributed by atoms with van der Waals surface area (Å²) < 4.78 is 16.3. The first-order chi connectivity index (χ1) is 14.1. The number of esters is 2. The van der Waals surface area contributed by atoms with Gasteiger partial charge in [-0.15, -0.1) is 0 Å². The first kappa shape index (κ1) is 19.2. The van der Waals surface area contributed by atoms with E-state index in [1.165, 1.54) is 0 Å². The Bertz CT molecular complexity index is 916. The van der Waals surface area contributed by atoms with Crippen LogP contribution in [0.3, 0.4) is 0 Å². The summed E-state index contributed by atoms with van der Waals surface area (Å²) >= 11 is 0. The van der Waals surface area contributed by atoms with E-state index in [-0.39, 0.29) is 25.0 Å². The molecule has 29 heavy (non-hydrogen) atoms. The Balaban J connectivity index is 1.51. The van der Waals surface area contributed by atoms with Crippen molar-refractivity contribution < 1.29 is 23.8 Å². The lowest BCUT2D eigenvalue weighted by molar-refractivity contribution is -0.151. The van der Waals surface area contributed by atoms with Crippen LogP contribution in [0, 0.1) is 0 Å². The number of benzene rings is 2. The lowest BCUT2D eigenvalue weighted by Gasteiger charge is -2.31. The van der Waals surface area contributed by atoms with Gasteiger partial charge in [0.25, 0.3) is 0 Å². The zero-order valence-corrected chi connectivity index (χ0v) is 16.4. The predicted octanol–water partition coefficient (Wildman–Crippen LogP) is 4.10. The smallest absolute Gasteiger partial charge is 0.321 e. The average Bonchev–Trinajstić information content (AvgIpc) is 3.05. The van der Waals surface area contributed by atoms with Gasteiger partial charge in [0.05, 0.1) is 13.5 Å². The Labute approximate surface area is 170 Å². The van der Waals surface area contributed by atoms with E-state index in [4.69, 9.17) is 14.2 Å². The van der Waals surface area contributed by atoms with Crippen molar-refractivity contribution in [1.29, 1.82) is 0 Å². The van der Waals surface area contributed by atoms with Gasteiger partial charge in [0.1, 0.15) is 23.9 Å². The normalized spacial score (nSPS) is 23.0. The summed E-state index contributed by atoms with van der Waals surface area (Å²) in [7, 11) is 1.61. The fraction of sp³-hybridized carbons (Fsp3) is 0.333. The number of methoxy groups -OCH3 is 1. The van der Waals surface area contributed by atoms with Crippen LogP contribution >= 0.6 is 0 Å². The van der Waals surface area contributed by atoms with Crippen molar-refractivity contribution in [1.82, 2.24) is 0 Å². The Kier molecular flexibility index (Phi) is 5.38. The summed E-state index contributed by atoms with van der Waals surface area (Å²) in [6.07, 6.45) is 3.97.